The first-order valence-electron chi connectivity index (χ1n) is 18.4. The lowest BCUT2D eigenvalue weighted by Crippen LogP contribution is -2.54. The van der Waals surface area contributed by atoms with Crippen molar-refractivity contribution in [3.05, 3.63) is 47.7 Å². The van der Waals surface area contributed by atoms with E-state index in [2.05, 4.69) is 10.3 Å². The summed E-state index contributed by atoms with van der Waals surface area (Å²) in [4.78, 5) is 59.2. The molecule has 1 atom stereocenters. The molecule has 4 fully saturated rings. The summed E-state index contributed by atoms with van der Waals surface area (Å²) in [6.07, 6.45) is 3.08. The van der Waals surface area contributed by atoms with Crippen molar-refractivity contribution in [1.29, 1.82) is 0 Å². The van der Waals surface area contributed by atoms with E-state index < -0.39 is 53.9 Å². The quantitative estimate of drug-likeness (QED) is 0.196. The number of fused-ring (bicyclic) bond motifs is 1. The third kappa shape index (κ3) is 7.82. The van der Waals surface area contributed by atoms with Crippen molar-refractivity contribution in [3.8, 4) is 5.88 Å². The maximum Gasteiger partial charge on any atom is 0.496 e. The highest BCUT2D eigenvalue weighted by molar-refractivity contribution is 6.62. The Kier molecular flexibility index (Phi) is 10.1. The van der Waals surface area contributed by atoms with Gasteiger partial charge in [0.1, 0.15) is 12.1 Å². The summed E-state index contributed by atoms with van der Waals surface area (Å²) in [7, 11) is -0.491. The average Bonchev–Trinajstić information content (AvgIpc) is 3.47. The first-order chi connectivity index (χ1) is 25.1. The summed E-state index contributed by atoms with van der Waals surface area (Å²) in [6.45, 7) is 9.69. The Labute approximate surface area is 307 Å². The summed E-state index contributed by atoms with van der Waals surface area (Å²) in [6, 6.07) is 7.58. The van der Waals surface area contributed by atoms with Gasteiger partial charge in [-0.05, 0) is 64.8 Å². The van der Waals surface area contributed by atoms with Gasteiger partial charge >= 0.3 is 7.12 Å². The number of rotatable bonds is 12. The predicted molar refractivity (Wildman–Crippen MR) is 189 cm³/mol. The van der Waals surface area contributed by atoms with E-state index in [4.69, 9.17) is 18.8 Å². The van der Waals surface area contributed by atoms with Crippen LogP contribution in [0, 0.1) is 0 Å². The third-order valence-electron chi connectivity index (χ3n) is 11.3. The number of aromatic nitrogens is 1. The number of pyridine rings is 1. The number of piperazine rings is 1. The van der Waals surface area contributed by atoms with Crippen molar-refractivity contribution in [3.63, 3.8) is 0 Å². The van der Waals surface area contributed by atoms with Crippen LogP contribution in [0.3, 0.4) is 0 Å². The van der Waals surface area contributed by atoms with E-state index in [0.717, 1.165) is 10.4 Å². The monoisotopic (exact) mass is 737 g/mol. The Bertz CT molecular complexity index is 1730. The Hall–Kier alpha value is -3.99. The lowest BCUT2D eigenvalue weighted by molar-refractivity contribution is -0.136. The molecule has 1 aromatic carbocycles. The van der Waals surface area contributed by atoms with Gasteiger partial charge in [-0.2, -0.15) is 0 Å². The lowest BCUT2D eigenvalue weighted by atomic mass is 9.80. The highest BCUT2D eigenvalue weighted by atomic mass is 19.3. The number of hydrogen-bond acceptors (Lipinski definition) is 11. The number of piperidine rings is 1. The molecule has 0 radical (unpaired) electrons. The highest BCUT2D eigenvalue weighted by Crippen LogP contribution is 2.37. The number of amides is 4. The van der Waals surface area contributed by atoms with Gasteiger partial charge in [0.05, 0.1) is 35.0 Å². The molecule has 1 aliphatic carbocycles. The first kappa shape index (κ1) is 37.3. The van der Waals surface area contributed by atoms with Gasteiger partial charge in [0.25, 0.3) is 17.7 Å². The molecule has 0 spiro atoms. The SMILES string of the molecule is CC1(C)OB(c2ccc(O[C@H]3C[C@H](OCCCC(F)(F)CN4CCN(c5ccc6c(c5)C(=O)N(C5CCC(=O)NC5=O)C6=O)CC4)C3)nc2)OC1(C)C. The number of halogens is 2. The molecule has 2 aromatic rings. The molecule has 4 amide bonds. The van der Waals surface area contributed by atoms with E-state index in [0.29, 0.717) is 50.6 Å². The molecule has 13 nitrogen and oxygen atoms in total. The Morgan fingerprint density at radius 2 is 1.64 bits per heavy atom. The Morgan fingerprint density at radius 3 is 2.30 bits per heavy atom. The molecule has 1 unspecified atom stereocenters. The molecule has 5 aliphatic rings. The molecule has 1 aromatic heterocycles. The molecule has 0 bridgehead atoms. The van der Waals surface area contributed by atoms with E-state index in [1.165, 1.54) is 0 Å². The zero-order valence-corrected chi connectivity index (χ0v) is 30.6. The van der Waals surface area contributed by atoms with Crippen LogP contribution < -0.4 is 20.4 Å². The zero-order valence-electron chi connectivity index (χ0n) is 30.6. The van der Waals surface area contributed by atoms with Crippen molar-refractivity contribution < 1.29 is 46.7 Å². The minimum absolute atomic E-state index is 0.0288. The van der Waals surface area contributed by atoms with E-state index in [1.54, 1.807) is 35.4 Å². The molecule has 7 rings (SSSR count). The number of imide groups is 2. The van der Waals surface area contributed by atoms with Crippen molar-refractivity contribution in [2.45, 2.75) is 102 Å². The number of ether oxygens (including phenoxy) is 2. The van der Waals surface area contributed by atoms with Gasteiger partial charge in [0.2, 0.25) is 17.7 Å². The summed E-state index contributed by atoms with van der Waals surface area (Å²) in [5, 5.41) is 2.19. The molecule has 16 heteroatoms. The second-order valence-electron chi connectivity index (χ2n) is 15.6. The van der Waals surface area contributed by atoms with Crippen LogP contribution in [0.15, 0.2) is 36.5 Å². The largest absolute Gasteiger partial charge is 0.496 e. The molecule has 284 valence electrons. The maximum atomic E-state index is 15.0. The van der Waals surface area contributed by atoms with Crippen LogP contribution in [0.1, 0.15) is 86.9 Å². The van der Waals surface area contributed by atoms with Crippen LogP contribution in [-0.2, 0) is 23.6 Å². The molecular weight excluding hydrogens is 691 g/mol. The van der Waals surface area contributed by atoms with Crippen molar-refractivity contribution in [1.82, 2.24) is 20.1 Å². The number of carbonyl (C=O) groups excluding carboxylic acids is 4. The molecule has 5 heterocycles. The number of anilines is 1. The minimum atomic E-state index is -2.87. The zero-order chi connectivity index (χ0) is 37.7. The number of alkyl halides is 2. The van der Waals surface area contributed by atoms with Gasteiger partial charge in [-0.25, -0.2) is 13.8 Å². The molecule has 4 aliphatic heterocycles. The normalized spacial score (nSPS) is 25.8. The second kappa shape index (κ2) is 14.3. The summed E-state index contributed by atoms with van der Waals surface area (Å²) < 4.78 is 53.9. The molecular formula is C37H46BF2N5O8. The lowest BCUT2D eigenvalue weighted by Gasteiger charge is -2.37. The van der Waals surface area contributed by atoms with E-state index in [-0.39, 0.29) is 62.2 Å². The second-order valence-corrected chi connectivity index (χ2v) is 15.6. The third-order valence-corrected chi connectivity index (χ3v) is 11.3. The van der Waals surface area contributed by atoms with Gasteiger partial charge in [-0.1, -0.05) is 6.07 Å². The van der Waals surface area contributed by atoms with E-state index in [1.807, 2.05) is 38.7 Å². The smallest absolute Gasteiger partial charge is 0.474 e. The number of benzene rings is 1. The summed E-state index contributed by atoms with van der Waals surface area (Å²) in [5.74, 6) is -4.60. The molecule has 53 heavy (non-hydrogen) atoms. The summed E-state index contributed by atoms with van der Waals surface area (Å²) >= 11 is 0. The van der Waals surface area contributed by atoms with Crippen LogP contribution in [0.25, 0.3) is 0 Å². The molecule has 1 saturated carbocycles. The first-order valence-corrected chi connectivity index (χ1v) is 18.4. The fourth-order valence-corrected chi connectivity index (χ4v) is 7.31. The van der Waals surface area contributed by atoms with Crippen LogP contribution in [0.4, 0.5) is 14.5 Å². The van der Waals surface area contributed by atoms with Gasteiger partial charge in [0.15, 0.2) is 0 Å². The van der Waals surface area contributed by atoms with E-state index >= 15 is 0 Å². The van der Waals surface area contributed by atoms with Crippen molar-refractivity contribution >= 4 is 41.9 Å². The standard InChI is InChI=1S/C37H46BF2N5O8/c1-35(2)36(3,4)53-38(52-35)23-6-11-31(41-21-23)51-26-19-25(20-26)50-17-5-12-37(39,40)22-43-13-15-44(16-14-43)24-7-8-27-28(18-24)34(49)45(33(27)48)29-9-10-30(46)42-32(29)47/h6-8,11,18,21,25-26,29H,5,9-10,12-17,19-20,22H2,1-4H3,(H,42,46,47)/t25-,26-,29?. The van der Waals surface area contributed by atoms with Gasteiger partial charge < -0.3 is 23.7 Å². The van der Waals surface area contributed by atoms with Crippen LogP contribution in [-0.4, -0.2) is 120 Å². The number of nitrogens with zero attached hydrogens (tertiary/aromatic N) is 4. The van der Waals surface area contributed by atoms with Crippen LogP contribution in [0.5, 0.6) is 5.88 Å². The fourth-order valence-electron chi connectivity index (χ4n) is 7.31. The van der Waals surface area contributed by atoms with Gasteiger partial charge in [-0.3, -0.25) is 34.3 Å². The van der Waals surface area contributed by atoms with Gasteiger partial charge in [-0.15, -0.1) is 0 Å². The fraction of sp³-hybridized carbons (Fsp3) is 0.595. The summed E-state index contributed by atoms with van der Waals surface area (Å²) in [5.41, 5.74) is 1.05. The maximum absolute atomic E-state index is 15.0. The Balaban J connectivity index is 0.793. The molecule has 1 N–H and O–H groups in total. The molecule has 3 saturated heterocycles. The predicted octanol–water partition coefficient (Wildman–Crippen LogP) is 2.95. The van der Waals surface area contributed by atoms with Gasteiger partial charge in [0, 0.05) is 75.8 Å². The number of hydrogen-bond donors (Lipinski definition) is 1. The number of carbonyl (C=O) groups is 4. The number of nitrogens with one attached hydrogen (secondary N) is 1. The van der Waals surface area contributed by atoms with Crippen LogP contribution >= 0.6 is 0 Å². The van der Waals surface area contributed by atoms with E-state index in [9.17, 15) is 28.0 Å². The van der Waals surface area contributed by atoms with Crippen molar-refractivity contribution in [2.24, 2.45) is 0 Å². The topological polar surface area (TPSA) is 140 Å². The minimum Gasteiger partial charge on any atom is -0.474 e. The average molecular weight is 738 g/mol. The van der Waals surface area contributed by atoms with Crippen LogP contribution in [0.2, 0.25) is 0 Å². The highest BCUT2D eigenvalue weighted by Gasteiger charge is 2.52. The Morgan fingerprint density at radius 1 is 0.943 bits per heavy atom. The van der Waals surface area contributed by atoms with Crippen molar-refractivity contribution in [2.75, 3.05) is 44.2 Å².